The molecule has 0 aromatic carbocycles. The normalized spacial score (nSPS) is 16.3. The fraction of sp³-hybridized carbons (Fsp3) is 0.500. The average molecular weight is 421 g/mol. The van der Waals surface area contributed by atoms with Gasteiger partial charge in [-0.25, -0.2) is 14.4 Å². The summed E-state index contributed by atoms with van der Waals surface area (Å²) in [6.07, 6.45) is 2.25. The first-order valence-corrected chi connectivity index (χ1v) is 10.2. The van der Waals surface area contributed by atoms with Crippen LogP contribution in [0.15, 0.2) is 9.27 Å². The Morgan fingerprint density at radius 1 is 1.16 bits per heavy atom. The van der Waals surface area contributed by atoms with E-state index in [1.54, 1.807) is 15.7 Å². The molecule has 1 aliphatic heterocycles. The number of piperidine rings is 1. The Kier molecular flexibility index (Phi) is 4.11. The van der Waals surface area contributed by atoms with Crippen LogP contribution in [-0.2, 0) is 0 Å². The molecule has 4 rings (SSSR count). The Morgan fingerprint density at radius 3 is 2.52 bits per heavy atom. The van der Waals surface area contributed by atoms with Gasteiger partial charge in [-0.3, -0.25) is 4.79 Å². The van der Waals surface area contributed by atoms with Crippen LogP contribution in [0, 0.1) is 26.7 Å². The lowest BCUT2D eigenvalue weighted by atomic mass is 10.00. The maximum absolute atomic E-state index is 13.4. The number of fused-ring (bicyclic) bond motifs is 2. The van der Waals surface area contributed by atoms with Crippen LogP contribution in [0.3, 0.4) is 0 Å². The minimum Gasteiger partial charge on any atom is -0.342 e. The van der Waals surface area contributed by atoms with E-state index in [0.717, 1.165) is 68.6 Å². The predicted molar refractivity (Wildman–Crippen MR) is 107 cm³/mol. The third-order valence-corrected chi connectivity index (χ3v) is 7.28. The number of hydrogen-bond acceptors (Lipinski definition) is 5. The molecule has 0 bridgehead atoms. The van der Waals surface area contributed by atoms with Gasteiger partial charge in [0.05, 0.1) is 15.6 Å². The summed E-state index contributed by atoms with van der Waals surface area (Å²) in [5.74, 6) is 1.45. The van der Waals surface area contributed by atoms with Crippen molar-refractivity contribution in [3.63, 3.8) is 0 Å². The molecule has 1 aliphatic rings. The van der Waals surface area contributed by atoms with Gasteiger partial charge in [0.15, 0.2) is 5.65 Å². The molecule has 0 unspecified atom stereocenters. The Balaban J connectivity index is 2.07. The van der Waals surface area contributed by atoms with Crippen molar-refractivity contribution < 1.29 is 0 Å². The fourth-order valence-corrected chi connectivity index (χ4v) is 4.83. The molecule has 5 nitrogen and oxygen atoms in total. The largest absolute Gasteiger partial charge is 0.342 e. The zero-order valence-corrected chi connectivity index (χ0v) is 17.3. The molecule has 7 heteroatoms. The quantitative estimate of drug-likeness (QED) is 0.590. The number of hydrogen-bond donors (Lipinski definition) is 0. The van der Waals surface area contributed by atoms with E-state index in [4.69, 9.17) is 9.97 Å². The van der Waals surface area contributed by atoms with Crippen LogP contribution in [0.1, 0.15) is 35.9 Å². The summed E-state index contributed by atoms with van der Waals surface area (Å²) in [4.78, 5) is 27.1. The van der Waals surface area contributed by atoms with Crippen molar-refractivity contribution >= 4 is 49.1 Å². The Morgan fingerprint density at radius 2 is 1.84 bits per heavy atom. The summed E-state index contributed by atoms with van der Waals surface area (Å²) in [6.45, 7) is 10.1. The van der Waals surface area contributed by atoms with Crippen molar-refractivity contribution in [1.82, 2.24) is 14.4 Å². The zero-order valence-electron chi connectivity index (χ0n) is 14.9. The molecule has 0 atom stereocenters. The first-order chi connectivity index (χ1) is 11.9. The highest BCUT2D eigenvalue weighted by Gasteiger charge is 2.24. The van der Waals surface area contributed by atoms with E-state index in [0.29, 0.717) is 5.65 Å². The standard InChI is InChI=1S/C18H21BrN4OS/c1-9-5-7-22(8-6-9)18-20-11(3)14(19)15-21-16-13(17(24)23(15)18)10(2)12(4)25-16/h9H,5-8H2,1-4H3. The van der Waals surface area contributed by atoms with Gasteiger partial charge in [-0.1, -0.05) is 6.92 Å². The number of nitrogens with zero attached hydrogens (tertiary/aromatic N) is 4. The molecule has 0 N–H and O–H groups in total. The smallest absolute Gasteiger partial charge is 0.269 e. The Bertz CT molecular complexity index is 1050. The van der Waals surface area contributed by atoms with Crippen LogP contribution in [0.25, 0.3) is 15.9 Å². The minimum absolute atomic E-state index is 0.0105. The zero-order chi connectivity index (χ0) is 17.9. The molecule has 0 spiro atoms. The lowest BCUT2D eigenvalue weighted by molar-refractivity contribution is 0.433. The lowest BCUT2D eigenvalue weighted by Gasteiger charge is -2.31. The van der Waals surface area contributed by atoms with Crippen LogP contribution in [-0.4, -0.2) is 27.5 Å². The van der Waals surface area contributed by atoms with Gasteiger partial charge >= 0.3 is 0 Å². The van der Waals surface area contributed by atoms with Crippen molar-refractivity contribution in [2.24, 2.45) is 5.92 Å². The number of anilines is 1. The summed E-state index contributed by atoms with van der Waals surface area (Å²) in [7, 11) is 0. The van der Waals surface area contributed by atoms with Gasteiger partial charge in [0.25, 0.3) is 5.56 Å². The molecule has 0 amide bonds. The van der Waals surface area contributed by atoms with Crippen molar-refractivity contribution in [2.75, 3.05) is 18.0 Å². The van der Waals surface area contributed by atoms with Gasteiger partial charge in [0.1, 0.15) is 4.83 Å². The van der Waals surface area contributed by atoms with E-state index in [1.165, 1.54) is 0 Å². The van der Waals surface area contributed by atoms with E-state index in [9.17, 15) is 4.79 Å². The van der Waals surface area contributed by atoms with Gasteiger partial charge in [0.2, 0.25) is 5.95 Å². The maximum Gasteiger partial charge on any atom is 0.269 e. The lowest BCUT2D eigenvalue weighted by Crippen LogP contribution is -2.37. The van der Waals surface area contributed by atoms with E-state index in [2.05, 4.69) is 27.8 Å². The number of halogens is 1. The summed E-state index contributed by atoms with van der Waals surface area (Å²) >= 11 is 5.18. The van der Waals surface area contributed by atoms with E-state index in [1.807, 2.05) is 20.8 Å². The average Bonchev–Trinajstić information content (AvgIpc) is 2.87. The topological polar surface area (TPSA) is 50.5 Å². The molecule has 1 saturated heterocycles. The first-order valence-electron chi connectivity index (χ1n) is 8.62. The predicted octanol–water partition coefficient (Wildman–Crippen LogP) is 4.23. The minimum atomic E-state index is -0.0105. The molecular formula is C18H21BrN4OS. The molecule has 132 valence electrons. The molecule has 1 fully saturated rings. The molecule has 3 aromatic rings. The van der Waals surface area contributed by atoms with Crippen molar-refractivity contribution in [1.29, 1.82) is 0 Å². The molecular weight excluding hydrogens is 400 g/mol. The highest BCUT2D eigenvalue weighted by Crippen LogP contribution is 2.31. The second kappa shape index (κ2) is 6.06. The number of aromatic nitrogens is 3. The number of rotatable bonds is 1. The molecule has 4 heterocycles. The van der Waals surface area contributed by atoms with Crippen LogP contribution in [0.2, 0.25) is 0 Å². The van der Waals surface area contributed by atoms with Gasteiger partial charge < -0.3 is 4.90 Å². The third kappa shape index (κ3) is 2.59. The first kappa shape index (κ1) is 17.0. The second-order valence-corrected chi connectivity index (χ2v) is 9.02. The summed E-state index contributed by atoms with van der Waals surface area (Å²) < 4.78 is 2.50. The Hall–Kier alpha value is -1.47. The van der Waals surface area contributed by atoms with Gasteiger partial charge in [-0.05, 0) is 61.0 Å². The highest BCUT2D eigenvalue weighted by molar-refractivity contribution is 9.10. The summed E-state index contributed by atoms with van der Waals surface area (Å²) in [5.41, 5.74) is 2.55. The second-order valence-electron chi connectivity index (χ2n) is 7.02. The van der Waals surface area contributed by atoms with E-state index >= 15 is 0 Å². The molecule has 0 aliphatic carbocycles. The van der Waals surface area contributed by atoms with Crippen LogP contribution in [0.5, 0.6) is 0 Å². The molecule has 0 radical (unpaired) electrons. The van der Waals surface area contributed by atoms with Crippen LogP contribution in [0.4, 0.5) is 5.95 Å². The van der Waals surface area contributed by atoms with E-state index < -0.39 is 0 Å². The monoisotopic (exact) mass is 420 g/mol. The Labute approximate surface area is 158 Å². The molecule has 0 saturated carbocycles. The van der Waals surface area contributed by atoms with Crippen molar-refractivity contribution in [2.45, 2.75) is 40.5 Å². The molecule has 25 heavy (non-hydrogen) atoms. The third-order valence-electron chi connectivity index (χ3n) is 5.25. The summed E-state index contributed by atoms with van der Waals surface area (Å²) in [5, 5.41) is 0.726. The SMILES string of the molecule is Cc1nc(N2CCC(C)CC2)n2c(=O)c3c(C)c(C)sc3nc2c1Br. The maximum atomic E-state index is 13.4. The number of thiophene rings is 1. The highest BCUT2D eigenvalue weighted by atomic mass is 79.9. The van der Waals surface area contributed by atoms with E-state index in [-0.39, 0.29) is 5.56 Å². The van der Waals surface area contributed by atoms with Crippen molar-refractivity contribution in [3.05, 3.63) is 31.0 Å². The summed E-state index contributed by atoms with van der Waals surface area (Å²) in [6, 6.07) is 0. The number of aryl methyl sites for hydroxylation is 3. The van der Waals surface area contributed by atoms with Gasteiger partial charge in [-0.15, -0.1) is 11.3 Å². The van der Waals surface area contributed by atoms with Crippen LogP contribution >= 0.6 is 27.3 Å². The van der Waals surface area contributed by atoms with Gasteiger partial charge in [-0.2, -0.15) is 0 Å². The van der Waals surface area contributed by atoms with Gasteiger partial charge in [0, 0.05) is 18.0 Å². The fourth-order valence-electron chi connectivity index (χ4n) is 3.46. The van der Waals surface area contributed by atoms with Crippen molar-refractivity contribution in [3.8, 4) is 0 Å². The van der Waals surface area contributed by atoms with Crippen LogP contribution < -0.4 is 10.5 Å². The molecule has 3 aromatic heterocycles.